The fourth-order valence-corrected chi connectivity index (χ4v) is 1.18. The van der Waals surface area contributed by atoms with Crippen LogP contribution in [0.1, 0.15) is 19.6 Å². The molecule has 0 saturated carbocycles. The van der Waals surface area contributed by atoms with Gasteiger partial charge in [0.1, 0.15) is 5.76 Å². The molecule has 0 radical (unpaired) electrons. The molecule has 0 saturated heterocycles. The molecule has 0 aliphatic rings. The number of ether oxygens (including phenoxy) is 1. The Morgan fingerprint density at radius 2 is 2.28 bits per heavy atom. The first-order chi connectivity index (χ1) is 8.74. The summed E-state index contributed by atoms with van der Waals surface area (Å²) in [5.41, 5.74) is 0.580. The third-order valence-electron chi connectivity index (χ3n) is 2.10. The van der Waals surface area contributed by atoms with Crippen LogP contribution < -0.4 is 0 Å². The smallest absolute Gasteiger partial charge is 0.333 e. The third-order valence-corrected chi connectivity index (χ3v) is 2.10. The molecule has 4 nitrogen and oxygen atoms in total. The molecule has 1 rings (SSSR count). The van der Waals surface area contributed by atoms with Crippen LogP contribution in [0.25, 0.3) is 0 Å². The summed E-state index contributed by atoms with van der Waals surface area (Å²) in [5.74, 6) is 0.533. The lowest BCUT2D eigenvalue weighted by molar-refractivity contribution is -0.138. The molecule has 0 aliphatic carbocycles. The first-order valence-corrected chi connectivity index (χ1v) is 5.78. The van der Waals surface area contributed by atoms with E-state index in [0.29, 0.717) is 18.6 Å². The Morgan fingerprint density at radius 1 is 1.44 bits per heavy atom. The molecule has 0 aliphatic heterocycles. The molecule has 0 amide bonds. The number of hydrogen-bond acceptors (Lipinski definition) is 4. The molecule has 0 bridgehead atoms. The molecule has 1 aromatic heterocycles. The Morgan fingerprint density at radius 3 is 2.94 bits per heavy atom. The van der Waals surface area contributed by atoms with Gasteiger partial charge in [0.15, 0.2) is 6.39 Å². The minimum Gasteiger partial charge on any atom is -0.463 e. The molecule has 0 spiro atoms. The van der Waals surface area contributed by atoms with Gasteiger partial charge in [0.2, 0.25) is 0 Å². The van der Waals surface area contributed by atoms with E-state index in [1.165, 1.54) is 6.39 Å². The van der Waals surface area contributed by atoms with E-state index in [1.54, 1.807) is 32.2 Å². The Bertz CT molecular complexity index is 442. The predicted octanol–water partition coefficient (Wildman–Crippen LogP) is 2.84. The van der Waals surface area contributed by atoms with Crippen LogP contribution in [0.4, 0.5) is 0 Å². The van der Waals surface area contributed by atoms with Crippen molar-refractivity contribution >= 4 is 5.97 Å². The summed E-state index contributed by atoms with van der Waals surface area (Å²) in [7, 11) is 0. The van der Waals surface area contributed by atoms with Crippen molar-refractivity contribution in [1.82, 2.24) is 4.98 Å². The SMILES string of the molecule is CCOC(=O)/C(C)=C/C=C/C=C/Cc1cnco1. The van der Waals surface area contributed by atoms with Gasteiger partial charge in [-0.25, -0.2) is 9.78 Å². The highest BCUT2D eigenvalue weighted by Crippen LogP contribution is 1.99. The van der Waals surface area contributed by atoms with E-state index in [0.717, 1.165) is 5.76 Å². The van der Waals surface area contributed by atoms with E-state index in [4.69, 9.17) is 9.15 Å². The van der Waals surface area contributed by atoms with Crippen molar-refractivity contribution in [3.8, 4) is 0 Å². The van der Waals surface area contributed by atoms with Gasteiger partial charge in [0.25, 0.3) is 0 Å². The lowest BCUT2D eigenvalue weighted by Crippen LogP contribution is -2.04. The van der Waals surface area contributed by atoms with Gasteiger partial charge in [0.05, 0.1) is 12.8 Å². The summed E-state index contributed by atoms with van der Waals surface area (Å²) >= 11 is 0. The van der Waals surface area contributed by atoms with Crippen LogP contribution in [0, 0.1) is 0 Å². The molecule has 1 aromatic rings. The number of allylic oxidation sites excluding steroid dienone is 5. The van der Waals surface area contributed by atoms with Crippen molar-refractivity contribution in [2.45, 2.75) is 20.3 Å². The summed E-state index contributed by atoms with van der Waals surface area (Å²) < 4.78 is 9.93. The second kappa shape index (κ2) is 8.06. The molecule has 0 aromatic carbocycles. The first kappa shape index (κ1) is 14.0. The largest absolute Gasteiger partial charge is 0.463 e. The highest BCUT2D eigenvalue weighted by atomic mass is 16.5. The topological polar surface area (TPSA) is 52.3 Å². The van der Waals surface area contributed by atoms with Crippen LogP contribution in [-0.4, -0.2) is 17.6 Å². The van der Waals surface area contributed by atoms with Crippen molar-refractivity contribution in [3.63, 3.8) is 0 Å². The quantitative estimate of drug-likeness (QED) is 0.440. The third kappa shape index (κ3) is 5.30. The minimum absolute atomic E-state index is 0.284. The fourth-order valence-electron chi connectivity index (χ4n) is 1.18. The number of oxazole rings is 1. The van der Waals surface area contributed by atoms with E-state index in [9.17, 15) is 4.79 Å². The lowest BCUT2D eigenvalue weighted by Gasteiger charge is -1.98. The maximum Gasteiger partial charge on any atom is 0.333 e. The lowest BCUT2D eigenvalue weighted by atomic mass is 10.2. The number of aromatic nitrogens is 1. The first-order valence-electron chi connectivity index (χ1n) is 5.78. The number of carbonyl (C=O) groups excluding carboxylic acids is 1. The second-order valence-electron chi connectivity index (χ2n) is 3.56. The van der Waals surface area contributed by atoms with Crippen molar-refractivity contribution in [2.24, 2.45) is 0 Å². The standard InChI is InChI=1S/C14H17NO3/c1-3-17-14(16)12(2)8-6-4-5-7-9-13-10-15-11-18-13/h4-8,10-11H,3,9H2,1-2H3/b6-4+,7-5+,12-8+. The van der Waals surface area contributed by atoms with Gasteiger partial charge >= 0.3 is 5.97 Å². The van der Waals surface area contributed by atoms with Gasteiger partial charge in [-0.05, 0) is 13.8 Å². The Balaban J connectivity index is 2.34. The Labute approximate surface area is 107 Å². The molecule has 0 unspecified atom stereocenters. The molecular formula is C14H17NO3. The van der Waals surface area contributed by atoms with Gasteiger partial charge in [-0.15, -0.1) is 0 Å². The molecule has 18 heavy (non-hydrogen) atoms. The molecule has 4 heteroatoms. The van der Waals surface area contributed by atoms with Crippen LogP contribution in [-0.2, 0) is 16.0 Å². The Kier molecular flexibility index (Phi) is 6.25. The van der Waals surface area contributed by atoms with E-state index < -0.39 is 0 Å². The summed E-state index contributed by atoms with van der Waals surface area (Å²) in [6.07, 6.45) is 13.0. The van der Waals surface area contributed by atoms with Gasteiger partial charge in [-0.2, -0.15) is 0 Å². The van der Waals surface area contributed by atoms with E-state index in [2.05, 4.69) is 4.98 Å². The number of esters is 1. The molecule has 0 atom stereocenters. The number of nitrogens with zero attached hydrogens (tertiary/aromatic N) is 1. The Hall–Kier alpha value is -2.10. The highest BCUT2D eigenvalue weighted by molar-refractivity contribution is 5.88. The van der Waals surface area contributed by atoms with E-state index >= 15 is 0 Å². The molecule has 96 valence electrons. The van der Waals surface area contributed by atoms with Gasteiger partial charge in [0, 0.05) is 12.0 Å². The van der Waals surface area contributed by atoms with Crippen molar-refractivity contribution in [2.75, 3.05) is 6.61 Å². The van der Waals surface area contributed by atoms with Crippen molar-refractivity contribution in [3.05, 3.63) is 54.3 Å². The predicted molar refractivity (Wildman–Crippen MR) is 68.9 cm³/mol. The molecule has 1 heterocycles. The summed E-state index contributed by atoms with van der Waals surface area (Å²) in [6, 6.07) is 0. The van der Waals surface area contributed by atoms with E-state index in [-0.39, 0.29) is 5.97 Å². The summed E-state index contributed by atoms with van der Waals surface area (Å²) in [6.45, 7) is 3.90. The zero-order valence-electron chi connectivity index (χ0n) is 10.6. The number of rotatable bonds is 6. The number of carbonyl (C=O) groups is 1. The van der Waals surface area contributed by atoms with Crippen LogP contribution in [0.2, 0.25) is 0 Å². The average Bonchev–Trinajstić information content (AvgIpc) is 2.86. The normalized spacial score (nSPS) is 12.4. The maximum absolute atomic E-state index is 11.3. The summed E-state index contributed by atoms with van der Waals surface area (Å²) in [4.78, 5) is 15.1. The van der Waals surface area contributed by atoms with Gasteiger partial charge in [-0.1, -0.05) is 30.4 Å². The van der Waals surface area contributed by atoms with Gasteiger partial charge in [-0.3, -0.25) is 0 Å². The van der Waals surface area contributed by atoms with Gasteiger partial charge < -0.3 is 9.15 Å². The summed E-state index contributed by atoms with van der Waals surface area (Å²) in [5, 5.41) is 0. The molecule has 0 N–H and O–H groups in total. The maximum atomic E-state index is 11.3. The molecule has 0 fully saturated rings. The zero-order valence-corrected chi connectivity index (χ0v) is 10.6. The fraction of sp³-hybridized carbons (Fsp3) is 0.286. The zero-order chi connectivity index (χ0) is 13.2. The van der Waals surface area contributed by atoms with Crippen LogP contribution in [0.3, 0.4) is 0 Å². The second-order valence-corrected chi connectivity index (χ2v) is 3.56. The monoisotopic (exact) mass is 247 g/mol. The molecular weight excluding hydrogens is 230 g/mol. The highest BCUT2D eigenvalue weighted by Gasteiger charge is 2.01. The van der Waals surface area contributed by atoms with Crippen molar-refractivity contribution in [1.29, 1.82) is 0 Å². The number of hydrogen-bond donors (Lipinski definition) is 0. The van der Waals surface area contributed by atoms with Crippen LogP contribution in [0.15, 0.2) is 53.0 Å². The minimum atomic E-state index is -0.284. The van der Waals surface area contributed by atoms with Crippen molar-refractivity contribution < 1.29 is 13.9 Å². The van der Waals surface area contributed by atoms with Crippen LogP contribution >= 0.6 is 0 Å². The van der Waals surface area contributed by atoms with Crippen LogP contribution in [0.5, 0.6) is 0 Å². The van der Waals surface area contributed by atoms with E-state index in [1.807, 2.05) is 18.2 Å². The average molecular weight is 247 g/mol.